The molecule has 0 saturated carbocycles. The van der Waals surface area contributed by atoms with Crippen molar-refractivity contribution in [2.24, 2.45) is 4.99 Å². The van der Waals surface area contributed by atoms with Gasteiger partial charge >= 0.3 is 5.97 Å². The Balaban J connectivity index is 2.00. The van der Waals surface area contributed by atoms with Crippen LogP contribution in [0.5, 0.6) is 0 Å². The zero-order valence-corrected chi connectivity index (χ0v) is 21.2. The number of ether oxygens (including phenoxy) is 1. The van der Waals surface area contributed by atoms with E-state index in [9.17, 15) is 19.7 Å². The number of fused-ring (bicyclic) bond motifs is 1. The van der Waals surface area contributed by atoms with E-state index in [2.05, 4.69) is 4.99 Å². The van der Waals surface area contributed by atoms with Crippen LogP contribution in [0.2, 0.25) is 10.0 Å². The second-order valence-electron chi connectivity index (χ2n) is 7.77. The van der Waals surface area contributed by atoms with Crippen molar-refractivity contribution < 1.29 is 14.5 Å². The molecule has 0 amide bonds. The van der Waals surface area contributed by atoms with Crippen LogP contribution in [0.1, 0.15) is 36.6 Å². The summed E-state index contributed by atoms with van der Waals surface area (Å²) in [6.45, 7) is 5.06. The van der Waals surface area contributed by atoms with Crippen LogP contribution in [0.4, 0.5) is 5.69 Å². The SMILES string of the molecule is CCOC(=O)C1=C(C)N=c2s/c(=C/c3ccc(Cl)cc3Cl)c(=O)n2[C@@H]1c1ccc(C)c([N+](=O)[O-])c1. The highest BCUT2D eigenvalue weighted by atomic mass is 35.5. The Morgan fingerprint density at radius 3 is 2.66 bits per heavy atom. The molecular formula is C24H19Cl2N3O5S. The lowest BCUT2D eigenvalue weighted by molar-refractivity contribution is -0.385. The fourth-order valence-corrected chi connectivity index (χ4v) is 5.36. The fraction of sp³-hybridized carbons (Fsp3) is 0.208. The maximum Gasteiger partial charge on any atom is 0.338 e. The van der Waals surface area contributed by atoms with Crippen molar-refractivity contribution in [2.75, 3.05) is 6.61 Å². The molecule has 0 radical (unpaired) electrons. The summed E-state index contributed by atoms with van der Waals surface area (Å²) in [6, 6.07) is 8.61. The van der Waals surface area contributed by atoms with E-state index in [4.69, 9.17) is 27.9 Å². The summed E-state index contributed by atoms with van der Waals surface area (Å²) >= 11 is 13.4. The Hall–Kier alpha value is -3.27. The molecule has 2 aromatic carbocycles. The van der Waals surface area contributed by atoms with Crippen molar-refractivity contribution in [1.82, 2.24) is 4.57 Å². The predicted molar refractivity (Wildman–Crippen MR) is 135 cm³/mol. The standard InChI is InChI=1S/C24H19Cl2N3O5S/c1-4-34-23(31)20-13(3)27-24-28(21(20)15-6-5-12(2)18(9-15)29(32)33)22(30)19(35-24)10-14-7-8-16(25)11-17(14)26/h5-11,21H,4H2,1-3H3/b19-10+/t21-/m1/s1. The lowest BCUT2D eigenvalue weighted by atomic mass is 9.94. The van der Waals surface area contributed by atoms with Crippen molar-refractivity contribution in [3.8, 4) is 0 Å². The molecule has 1 aliphatic heterocycles. The number of nitro groups is 1. The van der Waals surface area contributed by atoms with Gasteiger partial charge in [0.1, 0.15) is 0 Å². The molecule has 0 fully saturated rings. The molecule has 8 nitrogen and oxygen atoms in total. The monoisotopic (exact) mass is 531 g/mol. The van der Waals surface area contributed by atoms with Gasteiger partial charge in [-0.15, -0.1) is 0 Å². The fourth-order valence-electron chi connectivity index (χ4n) is 3.86. The van der Waals surface area contributed by atoms with Crippen molar-refractivity contribution >= 4 is 52.3 Å². The van der Waals surface area contributed by atoms with E-state index in [0.29, 0.717) is 41.8 Å². The minimum Gasteiger partial charge on any atom is -0.463 e. The minimum absolute atomic E-state index is 0.115. The number of aromatic nitrogens is 1. The van der Waals surface area contributed by atoms with Crippen LogP contribution in [0.15, 0.2) is 57.5 Å². The number of allylic oxidation sites excluding steroid dienone is 1. The van der Waals surface area contributed by atoms with Crippen LogP contribution in [0.3, 0.4) is 0 Å². The Morgan fingerprint density at radius 1 is 1.26 bits per heavy atom. The van der Waals surface area contributed by atoms with Gasteiger partial charge in [-0.2, -0.15) is 0 Å². The van der Waals surface area contributed by atoms with Crippen LogP contribution in [-0.4, -0.2) is 22.1 Å². The van der Waals surface area contributed by atoms with Gasteiger partial charge in [0.25, 0.3) is 11.2 Å². The summed E-state index contributed by atoms with van der Waals surface area (Å²) in [5.41, 5.74) is 1.43. The smallest absolute Gasteiger partial charge is 0.338 e. The zero-order valence-electron chi connectivity index (χ0n) is 18.9. The Kier molecular flexibility index (Phi) is 6.93. The van der Waals surface area contributed by atoms with Crippen molar-refractivity contribution in [3.63, 3.8) is 0 Å². The van der Waals surface area contributed by atoms with Crippen molar-refractivity contribution in [2.45, 2.75) is 26.8 Å². The minimum atomic E-state index is -0.951. The molecule has 0 bridgehead atoms. The molecule has 0 spiro atoms. The second-order valence-corrected chi connectivity index (χ2v) is 9.62. The molecular weight excluding hydrogens is 513 g/mol. The molecule has 11 heteroatoms. The highest BCUT2D eigenvalue weighted by Crippen LogP contribution is 2.33. The van der Waals surface area contributed by atoms with E-state index in [0.717, 1.165) is 11.3 Å². The highest BCUT2D eigenvalue weighted by Gasteiger charge is 2.34. The van der Waals surface area contributed by atoms with Gasteiger partial charge in [-0.05, 0) is 50.1 Å². The van der Waals surface area contributed by atoms with Crippen LogP contribution >= 0.6 is 34.5 Å². The van der Waals surface area contributed by atoms with Gasteiger partial charge in [0.05, 0.1) is 33.4 Å². The number of rotatable bonds is 5. The second kappa shape index (κ2) is 9.77. The van der Waals surface area contributed by atoms with E-state index >= 15 is 0 Å². The molecule has 0 unspecified atom stereocenters. The predicted octanol–water partition coefficient (Wildman–Crippen LogP) is 4.32. The third-order valence-electron chi connectivity index (χ3n) is 5.51. The first-order chi connectivity index (χ1) is 16.6. The summed E-state index contributed by atoms with van der Waals surface area (Å²) in [5, 5.41) is 12.4. The molecule has 35 heavy (non-hydrogen) atoms. The summed E-state index contributed by atoms with van der Waals surface area (Å²) in [6.07, 6.45) is 1.63. The largest absolute Gasteiger partial charge is 0.463 e. The van der Waals surface area contributed by atoms with E-state index < -0.39 is 22.5 Å². The van der Waals surface area contributed by atoms with Crippen LogP contribution in [-0.2, 0) is 9.53 Å². The van der Waals surface area contributed by atoms with Crippen LogP contribution in [0, 0.1) is 17.0 Å². The molecule has 3 aromatic rings. The van der Waals surface area contributed by atoms with Gasteiger partial charge in [-0.25, -0.2) is 9.79 Å². The first-order valence-electron chi connectivity index (χ1n) is 10.5. The zero-order chi connectivity index (χ0) is 25.4. The average molecular weight is 532 g/mol. The van der Waals surface area contributed by atoms with Crippen LogP contribution in [0.25, 0.3) is 6.08 Å². The normalized spacial score (nSPS) is 15.6. The van der Waals surface area contributed by atoms with Gasteiger partial charge in [0, 0.05) is 21.7 Å². The number of esters is 1. The van der Waals surface area contributed by atoms with Gasteiger partial charge in [0.15, 0.2) is 4.80 Å². The van der Waals surface area contributed by atoms with Crippen LogP contribution < -0.4 is 14.9 Å². The summed E-state index contributed by atoms with van der Waals surface area (Å²) < 4.78 is 6.95. The topological polar surface area (TPSA) is 104 Å². The number of benzene rings is 2. The summed E-state index contributed by atoms with van der Waals surface area (Å²) in [5.74, 6) is -0.642. The molecule has 4 rings (SSSR count). The molecule has 0 N–H and O–H groups in total. The van der Waals surface area contributed by atoms with Gasteiger partial charge in [-0.1, -0.05) is 52.7 Å². The van der Waals surface area contributed by atoms with Gasteiger partial charge in [0.2, 0.25) is 0 Å². The van der Waals surface area contributed by atoms with E-state index in [1.165, 1.54) is 10.6 Å². The lowest BCUT2D eigenvalue weighted by Gasteiger charge is -2.24. The number of nitro benzene ring substituents is 1. The number of nitrogens with zero attached hydrogens (tertiary/aromatic N) is 3. The first kappa shape index (κ1) is 24.8. The Labute approximate surface area is 213 Å². The summed E-state index contributed by atoms with van der Waals surface area (Å²) in [4.78, 5) is 42.5. The third-order valence-corrected chi connectivity index (χ3v) is 7.06. The Morgan fingerprint density at radius 2 is 2.00 bits per heavy atom. The maximum atomic E-state index is 13.6. The number of carbonyl (C=O) groups is 1. The summed E-state index contributed by atoms with van der Waals surface area (Å²) in [7, 11) is 0. The van der Waals surface area contributed by atoms with Gasteiger partial charge in [-0.3, -0.25) is 19.5 Å². The number of hydrogen-bond acceptors (Lipinski definition) is 7. The van der Waals surface area contributed by atoms with Gasteiger partial charge < -0.3 is 4.74 Å². The first-order valence-corrected chi connectivity index (χ1v) is 12.1. The van der Waals surface area contributed by atoms with Crippen molar-refractivity contribution in [3.05, 3.63) is 104 Å². The number of hydrogen-bond donors (Lipinski definition) is 0. The molecule has 1 aromatic heterocycles. The number of thiazole rings is 1. The third kappa shape index (κ3) is 4.67. The molecule has 2 heterocycles. The number of halogens is 2. The molecule has 180 valence electrons. The van der Waals surface area contributed by atoms with E-state index in [1.807, 2.05) is 0 Å². The number of aryl methyl sites for hydroxylation is 1. The van der Waals surface area contributed by atoms with E-state index in [-0.39, 0.29) is 17.9 Å². The Bertz CT molecular complexity index is 1590. The average Bonchev–Trinajstić information content (AvgIpc) is 3.09. The molecule has 0 saturated heterocycles. The molecule has 1 atom stereocenters. The lowest BCUT2D eigenvalue weighted by Crippen LogP contribution is -2.40. The molecule has 1 aliphatic rings. The quantitative estimate of drug-likeness (QED) is 0.277. The molecule has 0 aliphatic carbocycles. The van der Waals surface area contributed by atoms with E-state index in [1.54, 1.807) is 57.2 Å². The van der Waals surface area contributed by atoms with Crippen molar-refractivity contribution in [1.29, 1.82) is 0 Å². The highest BCUT2D eigenvalue weighted by molar-refractivity contribution is 7.07. The maximum absolute atomic E-state index is 13.6. The number of carbonyl (C=O) groups excluding carboxylic acids is 1.